The maximum absolute atomic E-state index is 12.9. The molecule has 0 bridgehead atoms. The van der Waals surface area contributed by atoms with Crippen LogP contribution in [0, 0.1) is 0 Å². The van der Waals surface area contributed by atoms with E-state index < -0.39 is 0 Å². The Morgan fingerprint density at radius 3 is 3.20 bits per heavy atom. The minimum Gasteiger partial charge on any atom is -0.489 e. The highest BCUT2D eigenvalue weighted by molar-refractivity contribution is 5.99. The van der Waals surface area contributed by atoms with Gasteiger partial charge in [-0.15, -0.1) is 0 Å². The fraction of sp³-hybridized carbons (Fsp3) is 0.562. The summed E-state index contributed by atoms with van der Waals surface area (Å²) in [4.78, 5) is 14.9. The fourth-order valence-corrected chi connectivity index (χ4v) is 3.19. The van der Waals surface area contributed by atoms with Gasteiger partial charge in [0, 0.05) is 19.1 Å². The Balaban J connectivity index is 1.90. The zero-order valence-electron chi connectivity index (χ0n) is 12.0. The minimum atomic E-state index is 0.122. The first-order chi connectivity index (χ1) is 9.81. The molecule has 20 heavy (non-hydrogen) atoms. The maximum atomic E-state index is 12.9. The van der Waals surface area contributed by atoms with Crippen LogP contribution in [0.3, 0.4) is 0 Å². The van der Waals surface area contributed by atoms with Crippen LogP contribution >= 0.6 is 0 Å². The van der Waals surface area contributed by atoms with E-state index in [1.54, 1.807) is 0 Å². The standard InChI is InChI=1S/C16H22N2O2/c1-2-12-6-3-4-10-18(12)16(19)13-7-5-8-14-15(13)20-11-9-17-14/h5,7-8,12,17H,2-4,6,9-11H2,1H3. The average molecular weight is 274 g/mol. The Morgan fingerprint density at radius 1 is 1.45 bits per heavy atom. The number of benzene rings is 1. The van der Waals surface area contributed by atoms with E-state index >= 15 is 0 Å². The smallest absolute Gasteiger partial charge is 0.257 e. The molecular formula is C16H22N2O2. The Labute approximate surface area is 120 Å². The molecule has 0 saturated carbocycles. The number of ether oxygens (including phenoxy) is 1. The van der Waals surface area contributed by atoms with Gasteiger partial charge in [-0.25, -0.2) is 0 Å². The van der Waals surface area contributed by atoms with Gasteiger partial charge in [-0.2, -0.15) is 0 Å². The number of carbonyl (C=O) groups is 1. The lowest BCUT2D eigenvalue weighted by molar-refractivity contribution is 0.0603. The fourth-order valence-electron chi connectivity index (χ4n) is 3.19. The lowest BCUT2D eigenvalue weighted by Crippen LogP contribution is -2.43. The Bertz CT molecular complexity index is 501. The van der Waals surface area contributed by atoms with E-state index in [0.717, 1.165) is 43.8 Å². The monoisotopic (exact) mass is 274 g/mol. The normalized spacial score (nSPS) is 21.6. The van der Waals surface area contributed by atoms with Crippen molar-refractivity contribution in [2.45, 2.75) is 38.6 Å². The molecular weight excluding hydrogens is 252 g/mol. The van der Waals surface area contributed by atoms with Gasteiger partial charge >= 0.3 is 0 Å². The molecule has 2 heterocycles. The minimum absolute atomic E-state index is 0.122. The summed E-state index contributed by atoms with van der Waals surface area (Å²) in [5.74, 6) is 0.848. The molecule has 1 saturated heterocycles. The topological polar surface area (TPSA) is 41.6 Å². The number of para-hydroxylation sites is 1. The van der Waals surface area contributed by atoms with Crippen molar-refractivity contribution >= 4 is 11.6 Å². The molecule has 0 spiro atoms. The van der Waals surface area contributed by atoms with Gasteiger partial charge in [0.15, 0.2) is 5.75 Å². The molecule has 3 rings (SSSR count). The SMILES string of the molecule is CCC1CCCCN1C(=O)c1cccc2c1OCCN2. The van der Waals surface area contributed by atoms with E-state index in [0.29, 0.717) is 18.2 Å². The number of carbonyl (C=O) groups excluding carboxylic acids is 1. The average Bonchev–Trinajstić information content (AvgIpc) is 2.53. The number of likely N-dealkylation sites (tertiary alicyclic amines) is 1. The predicted octanol–water partition coefficient (Wildman–Crippen LogP) is 2.90. The highest BCUT2D eigenvalue weighted by atomic mass is 16.5. The van der Waals surface area contributed by atoms with E-state index in [9.17, 15) is 4.79 Å². The summed E-state index contributed by atoms with van der Waals surface area (Å²) in [7, 11) is 0. The first kappa shape index (κ1) is 13.3. The molecule has 1 aromatic carbocycles. The van der Waals surface area contributed by atoms with Crippen molar-refractivity contribution in [1.82, 2.24) is 4.90 Å². The highest BCUT2D eigenvalue weighted by Crippen LogP contribution is 2.33. The van der Waals surface area contributed by atoms with Gasteiger partial charge in [0.2, 0.25) is 0 Å². The summed E-state index contributed by atoms with van der Waals surface area (Å²) >= 11 is 0. The molecule has 1 atom stereocenters. The molecule has 1 unspecified atom stereocenters. The van der Waals surface area contributed by atoms with Crippen molar-refractivity contribution in [3.05, 3.63) is 23.8 Å². The molecule has 4 heteroatoms. The van der Waals surface area contributed by atoms with Crippen LogP contribution < -0.4 is 10.1 Å². The molecule has 1 aromatic rings. The zero-order valence-corrected chi connectivity index (χ0v) is 12.0. The van der Waals surface area contributed by atoms with Crippen molar-refractivity contribution < 1.29 is 9.53 Å². The van der Waals surface area contributed by atoms with Gasteiger partial charge in [0.05, 0.1) is 11.3 Å². The molecule has 1 amide bonds. The van der Waals surface area contributed by atoms with E-state index in [-0.39, 0.29) is 5.91 Å². The first-order valence-corrected chi connectivity index (χ1v) is 7.62. The Morgan fingerprint density at radius 2 is 2.35 bits per heavy atom. The van der Waals surface area contributed by atoms with Crippen LogP contribution in [0.2, 0.25) is 0 Å². The number of piperidine rings is 1. The first-order valence-electron chi connectivity index (χ1n) is 7.62. The van der Waals surface area contributed by atoms with Crippen LogP contribution in [-0.4, -0.2) is 36.5 Å². The second-order valence-electron chi connectivity index (χ2n) is 5.51. The van der Waals surface area contributed by atoms with Gasteiger partial charge in [-0.1, -0.05) is 13.0 Å². The van der Waals surface area contributed by atoms with Gasteiger partial charge in [-0.05, 0) is 37.8 Å². The molecule has 2 aliphatic rings. The number of nitrogens with one attached hydrogen (secondary N) is 1. The van der Waals surface area contributed by atoms with Crippen LogP contribution in [0.4, 0.5) is 5.69 Å². The third-order valence-corrected chi connectivity index (χ3v) is 4.27. The number of nitrogens with zero attached hydrogens (tertiary/aromatic N) is 1. The van der Waals surface area contributed by atoms with Crippen LogP contribution in [0.25, 0.3) is 0 Å². The van der Waals surface area contributed by atoms with Gasteiger partial charge < -0.3 is 15.0 Å². The largest absolute Gasteiger partial charge is 0.489 e. The molecule has 0 radical (unpaired) electrons. The summed E-state index contributed by atoms with van der Waals surface area (Å²) in [5, 5.41) is 3.29. The van der Waals surface area contributed by atoms with E-state index in [1.807, 2.05) is 23.1 Å². The Hall–Kier alpha value is -1.71. The van der Waals surface area contributed by atoms with Gasteiger partial charge in [0.25, 0.3) is 5.91 Å². The summed E-state index contributed by atoms with van der Waals surface area (Å²) in [5.41, 5.74) is 1.64. The van der Waals surface area contributed by atoms with Crippen LogP contribution in [-0.2, 0) is 0 Å². The molecule has 1 N–H and O–H groups in total. The summed E-state index contributed by atoms with van der Waals surface area (Å²) < 4.78 is 5.73. The molecule has 0 aromatic heterocycles. The third-order valence-electron chi connectivity index (χ3n) is 4.27. The second kappa shape index (κ2) is 5.73. The number of fused-ring (bicyclic) bond motifs is 1. The summed E-state index contributed by atoms with van der Waals surface area (Å²) in [6, 6.07) is 6.16. The molecule has 1 fully saturated rings. The molecule has 0 aliphatic carbocycles. The van der Waals surface area contributed by atoms with Crippen LogP contribution in [0.15, 0.2) is 18.2 Å². The second-order valence-corrected chi connectivity index (χ2v) is 5.51. The predicted molar refractivity (Wildman–Crippen MR) is 79.4 cm³/mol. The van der Waals surface area contributed by atoms with Crippen molar-refractivity contribution in [3.8, 4) is 5.75 Å². The van der Waals surface area contributed by atoms with Crippen LogP contribution in [0.1, 0.15) is 43.0 Å². The quantitative estimate of drug-likeness (QED) is 0.901. The van der Waals surface area contributed by atoms with E-state index in [2.05, 4.69) is 12.2 Å². The van der Waals surface area contributed by atoms with Crippen LogP contribution in [0.5, 0.6) is 5.75 Å². The Kier molecular flexibility index (Phi) is 3.81. The highest BCUT2D eigenvalue weighted by Gasteiger charge is 2.29. The molecule has 4 nitrogen and oxygen atoms in total. The molecule has 108 valence electrons. The number of rotatable bonds is 2. The van der Waals surface area contributed by atoms with Gasteiger partial charge in [0.1, 0.15) is 6.61 Å². The van der Waals surface area contributed by atoms with Crippen molar-refractivity contribution in [2.75, 3.05) is 25.0 Å². The van der Waals surface area contributed by atoms with Gasteiger partial charge in [-0.3, -0.25) is 4.79 Å². The number of anilines is 1. The summed E-state index contributed by atoms with van der Waals surface area (Å²) in [6.07, 6.45) is 4.49. The third kappa shape index (κ3) is 2.35. The van der Waals surface area contributed by atoms with Crippen molar-refractivity contribution in [1.29, 1.82) is 0 Å². The molecule has 2 aliphatic heterocycles. The maximum Gasteiger partial charge on any atom is 0.257 e. The number of hydrogen-bond donors (Lipinski definition) is 1. The van der Waals surface area contributed by atoms with Crippen molar-refractivity contribution in [3.63, 3.8) is 0 Å². The van der Waals surface area contributed by atoms with E-state index in [4.69, 9.17) is 4.74 Å². The lowest BCUT2D eigenvalue weighted by atomic mass is 9.98. The number of amides is 1. The number of hydrogen-bond acceptors (Lipinski definition) is 3. The lowest BCUT2D eigenvalue weighted by Gasteiger charge is -2.36. The zero-order chi connectivity index (χ0) is 13.9. The van der Waals surface area contributed by atoms with Crippen molar-refractivity contribution in [2.24, 2.45) is 0 Å². The summed E-state index contributed by atoms with van der Waals surface area (Å²) in [6.45, 7) is 4.45. The van der Waals surface area contributed by atoms with E-state index in [1.165, 1.54) is 6.42 Å².